The van der Waals surface area contributed by atoms with Crippen LogP contribution in [0.3, 0.4) is 0 Å². The number of aliphatic hydroxyl groups excluding tert-OH is 1. The fourth-order valence-corrected chi connectivity index (χ4v) is 1.47. The summed E-state index contributed by atoms with van der Waals surface area (Å²) in [6.07, 6.45) is -0.408. The van der Waals surface area contributed by atoms with E-state index in [1.165, 1.54) is 0 Å². The predicted octanol–water partition coefficient (Wildman–Crippen LogP) is 0.137. The van der Waals surface area contributed by atoms with Crippen molar-refractivity contribution < 1.29 is 5.11 Å². The molecule has 0 fully saturated rings. The van der Waals surface area contributed by atoms with Crippen molar-refractivity contribution in [3.8, 4) is 0 Å². The summed E-state index contributed by atoms with van der Waals surface area (Å²) in [5, 5.41) is 9.20. The molecule has 4 heteroatoms. The highest BCUT2D eigenvalue weighted by Gasteiger charge is 2.13. The van der Waals surface area contributed by atoms with Crippen molar-refractivity contribution in [3.05, 3.63) is 0 Å². The molecule has 0 heterocycles. The smallest absolute Gasteiger partial charge is 0.0756 e. The summed E-state index contributed by atoms with van der Waals surface area (Å²) < 4.78 is 0. The summed E-state index contributed by atoms with van der Waals surface area (Å²) in [6, 6.07) is 0. The average Bonchev–Trinajstić information content (AvgIpc) is 1.85. The van der Waals surface area contributed by atoms with Crippen LogP contribution in [0.15, 0.2) is 0 Å². The molecule has 62 valence electrons. The Balaban J connectivity index is 3.50. The summed E-state index contributed by atoms with van der Waals surface area (Å²) in [5.41, 5.74) is 0. The van der Waals surface area contributed by atoms with Crippen molar-refractivity contribution in [2.75, 3.05) is 26.4 Å². The molecular weight excluding hydrogens is 166 g/mol. The van der Waals surface area contributed by atoms with Gasteiger partial charge >= 0.3 is 0 Å². The first-order valence-corrected chi connectivity index (χ1v) is 4.34. The number of aliphatic hydroxyl groups is 1. The minimum absolute atomic E-state index is 0.00694. The molecule has 0 rings (SSSR count). The lowest BCUT2D eigenvalue weighted by Gasteiger charge is -2.19. The summed E-state index contributed by atoms with van der Waals surface area (Å²) in [5.74, 6) is 0.474. The van der Waals surface area contributed by atoms with Crippen LogP contribution in [0.5, 0.6) is 0 Å². The van der Waals surface area contributed by atoms with E-state index >= 15 is 0 Å². The van der Waals surface area contributed by atoms with Gasteiger partial charge in [0, 0.05) is 17.5 Å². The van der Waals surface area contributed by atoms with Gasteiger partial charge in [0.2, 0.25) is 0 Å². The molecule has 0 bridgehead atoms. The molecule has 2 unspecified atom stereocenters. The van der Waals surface area contributed by atoms with Gasteiger partial charge in [0.15, 0.2) is 0 Å². The summed E-state index contributed by atoms with van der Waals surface area (Å²) >= 11 is 8.16. The minimum atomic E-state index is -0.408. The van der Waals surface area contributed by atoms with Crippen molar-refractivity contribution >= 4 is 25.3 Å². The Morgan fingerprint density at radius 2 is 2.00 bits per heavy atom. The maximum Gasteiger partial charge on any atom is 0.0756 e. The van der Waals surface area contributed by atoms with Gasteiger partial charge in [-0.1, -0.05) is 0 Å². The number of hydrogen-bond acceptors (Lipinski definition) is 4. The van der Waals surface area contributed by atoms with E-state index in [0.29, 0.717) is 5.75 Å². The van der Waals surface area contributed by atoms with Crippen molar-refractivity contribution in [2.45, 2.75) is 11.4 Å². The minimum Gasteiger partial charge on any atom is -0.391 e. The third-order valence-electron chi connectivity index (χ3n) is 1.18. The summed E-state index contributed by atoms with van der Waals surface area (Å²) in [6.45, 7) is 0.783. The predicted molar refractivity (Wildman–Crippen MR) is 51.2 cm³/mol. The normalized spacial score (nSPS) is 17.4. The number of thiol groups is 2. The fourth-order valence-electron chi connectivity index (χ4n) is 0.617. The van der Waals surface area contributed by atoms with E-state index in [9.17, 15) is 5.11 Å². The van der Waals surface area contributed by atoms with Gasteiger partial charge in [-0.3, -0.25) is 0 Å². The SMILES string of the molecule is CN(C)CC(S)C(O)CS. The van der Waals surface area contributed by atoms with E-state index in [-0.39, 0.29) is 5.25 Å². The molecule has 0 amide bonds. The van der Waals surface area contributed by atoms with Crippen LogP contribution in [0.2, 0.25) is 0 Å². The summed E-state index contributed by atoms with van der Waals surface area (Å²) in [4.78, 5) is 1.99. The first-order valence-electron chi connectivity index (χ1n) is 3.19. The van der Waals surface area contributed by atoms with Gasteiger partial charge in [-0.25, -0.2) is 0 Å². The molecule has 0 radical (unpaired) electrons. The van der Waals surface area contributed by atoms with Crippen molar-refractivity contribution in [2.24, 2.45) is 0 Å². The first kappa shape index (κ1) is 10.6. The molecule has 10 heavy (non-hydrogen) atoms. The van der Waals surface area contributed by atoms with Gasteiger partial charge in [-0.2, -0.15) is 25.3 Å². The molecule has 0 saturated carbocycles. The molecule has 0 spiro atoms. The lowest BCUT2D eigenvalue weighted by atomic mass is 10.2. The Bertz CT molecular complexity index is 89.8. The van der Waals surface area contributed by atoms with Crippen LogP contribution < -0.4 is 0 Å². The molecule has 0 saturated heterocycles. The van der Waals surface area contributed by atoms with Gasteiger partial charge in [-0.05, 0) is 14.1 Å². The van der Waals surface area contributed by atoms with Crippen LogP contribution in [-0.2, 0) is 0 Å². The zero-order valence-corrected chi connectivity index (χ0v) is 8.15. The van der Waals surface area contributed by atoms with E-state index in [2.05, 4.69) is 25.3 Å². The van der Waals surface area contributed by atoms with Gasteiger partial charge in [0.25, 0.3) is 0 Å². The molecule has 2 atom stereocenters. The van der Waals surface area contributed by atoms with Crippen LogP contribution in [-0.4, -0.2) is 47.8 Å². The molecule has 0 aromatic carbocycles. The highest BCUT2D eigenvalue weighted by molar-refractivity contribution is 7.81. The van der Waals surface area contributed by atoms with Crippen LogP contribution in [0.4, 0.5) is 0 Å². The lowest BCUT2D eigenvalue weighted by molar-refractivity contribution is 0.182. The van der Waals surface area contributed by atoms with E-state index in [4.69, 9.17) is 0 Å². The Kier molecular flexibility index (Phi) is 5.62. The van der Waals surface area contributed by atoms with Crippen LogP contribution >= 0.6 is 25.3 Å². The standard InChI is InChI=1S/C6H15NOS2/c1-7(2)3-6(10)5(8)4-9/h5-6,8-10H,3-4H2,1-2H3. The topological polar surface area (TPSA) is 23.5 Å². The van der Waals surface area contributed by atoms with Crippen LogP contribution in [0.25, 0.3) is 0 Å². The fraction of sp³-hybridized carbons (Fsp3) is 1.00. The Morgan fingerprint density at radius 3 is 2.30 bits per heavy atom. The third kappa shape index (κ3) is 4.44. The zero-order valence-electron chi connectivity index (χ0n) is 6.36. The maximum atomic E-state index is 9.20. The highest BCUT2D eigenvalue weighted by atomic mass is 32.1. The molecule has 0 aliphatic heterocycles. The Labute approximate surface area is 73.4 Å². The second-order valence-electron chi connectivity index (χ2n) is 2.58. The van der Waals surface area contributed by atoms with Gasteiger partial charge < -0.3 is 10.0 Å². The Hall–Kier alpha value is 0.620. The number of nitrogens with zero attached hydrogens (tertiary/aromatic N) is 1. The molecule has 1 N–H and O–H groups in total. The second-order valence-corrected chi connectivity index (χ2v) is 3.61. The van der Waals surface area contributed by atoms with E-state index in [1.807, 2.05) is 19.0 Å². The highest BCUT2D eigenvalue weighted by Crippen LogP contribution is 2.04. The average molecular weight is 181 g/mol. The van der Waals surface area contributed by atoms with Crippen molar-refractivity contribution in [3.63, 3.8) is 0 Å². The van der Waals surface area contributed by atoms with E-state index < -0.39 is 6.10 Å². The summed E-state index contributed by atoms with van der Waals surface area (Å²) in [7, 11) is 3.91. The maximum absolute atomic E-state index is 9.20. The van der Waals surface area contributed by atoms with E-state index in [0.717, 1.165) is 6.54 Å². The molecule has 0 aliphatic rings. The van der Waals surface area contributed by atoms with Crippen molar-refractivity contribution in [1.29, 1.82) is 0 Å². The van der Waals surface area contributed by atoms with Gasteiger partial charge in [-0.15, -0.1) is 0 Å². The van der Waals surface area contributed by atoms with Crippen molar-refractivity contribution in [1.82, 2.24) is 4.90 Å². The third-order valence-corrected chi connectivity index (χ3v) is 2.06. The monoisotopic (exact) mass is 181 g/mol. The molecule has 0 aromatic heterocycles. The molecular formula is C6H15NOS2. The zero-order chi connectivity index (χ0) is 8.15. The number of hydrogen-bond donors (Lipinski definition) is 3. The second kappa shape index (κ2) is 5.29. The Morgan fingerprint density at radius 1 is 1.50 bits per heavy atom. The quantitative estimate of drug-likeness (QED) is 0.537. The van der Waals surface area contributed by atoms with Gasteiger partial charge in [0.1, 0.15) is 0 Å². The van der Waals surface area contributed by atoms with E-state index in [1.54, 1.807) is 0 Å². The van der Waals surface area contributed by atoms with Crippen LogP contribution in [0.1, 0.15) is 0 Å². The lowest BCUT2D eigenvalue weighted by Crippen LogP contribution is -2.32. The molecule has 0 aliphatic carbocycles. The van der Waals surface area contributed by atoms with Gasteiger partial charge in [0.05, 0.1) is 6.10 Å². The largest absolute Gasteiger partial charge is 0.391 e. The van der Waals surface area contributed by atoms with Crippen LogP contribution in [0, 0.1) is 0 Å². The first-order chi connectivity index (χ1) is 4.57. The molecule has 2 nitrogen and oxygen atoms in total. The molecule has 0 aromatic rings. The number of rotatable bonds is 4.